The maximum absolute atomic E-state index is 12.8. The van der Waals surface area contributed by atoms with Crippen molar-refractivity contribution in [3.63, 3.8) is 0 Å². The van der Waals surface area contributed by atoms with E-state index in [2.05, 4.69) is 10.3 Å². The van der Waals surface area contributed by atoms with Crippen LogP contribution < -0.4 is 11.1 Å². The fourth-order valence-corrected chi connectivity index (χ4v) is 1.83. The molecule has 0 aliphatic heterocycles. The van der Waals surface area contributed by atoms with Crippen LogP contribution in [0.25, 0.3) is 0 Å². The summed E-state index contributed by atoms with van der Waals surface area (Å²) in [6, 6.07) is 1.45. The van der Waals surface area contributed by atoms with Crippen molar-refractivity contribution in [2.45, 2.75) is 18.9 Å². The zero-order valence-electron chi connectivity index (χ0n) is 8.82. The maximum Gasteiger partial charge on any atom is 0.252 e. The van der Waals surface area contributed by atoms with Crippen LogP contribution in [0, 0.1) is 11.7 Å². The zero-order valence-corrected chi connectivity index (χ0v) is 8.82. The van der Waals surface area contributed by atoms with E-state index >= 15 is 0 Å². The standard InChI is InChI=1S/C11H14FN3O/c12-9-3-8(5-14-6-9)11(16)15-4-7-1-10(13)2-7/h3,5-7,10H,1-2,4,13H2,(H,15,16). The molecule has 4 nitrogen and oxygen atoms in total. The Bertz CT molecular complexity index is 391. The predicted molar refractivity (Wildman–Crippen MR) is 57.2 cm³/mol. The summed E-state index contributed by atoms with van der Waals surface area (Å²) < 4.78 is 12.8. The number of halogens is 1. The molecule has 0 radical (unpaired) electrons. The summed E-state index contributed by atoms with van der Waals surface area (Å²) in [6.07, 6.45) is 4.32. The largest absolute Gasteiger partial charge is 0.352 e. The van der Waals surface area contributed by atoms with Crippen molar-refractivity contribution in [3.8, 4) is 0 Å². The second kappa shape index (κ2) is 4.57. The van der Waals surface area contributed by atoms with E-state index in [1.807, 2.05) is 0 Å². The Morgan fingerprint density at radius 2 is 2.31 bits per heavy atom. The molecule has 1 fully saturated rings. The summed E-state index contributed by atoms with van der Waals surface area (Å²) in [5.74, 6) is -0.328. The number of pyridine rings is 1. The SMILES string of the molecule is NC1CC(CNC(=O)c2cncc(F)c2)C1. The van der Waals surface area contributed by atoms with Gasteiger partial charge in [-0.05, 0) is 24.8 Å². The molecule has 1 aliphatic carbocycles. The molecule has 5 heteroatoms. The minimum Gasteiger partial charge on any atom is -0.352 e. The predicted octanol–water partition coefficient (Wildman–Crippen LogP) is 0.688. The van der Waals surface area contributed by atoms with Crippen LogP contribution in [0.2, 0.25) is 0 Å². The summed E-state index contributed by atoms with van der Waals surface area (Å²) in [7, 11) is 0. The molecule has 1 aliphatic rings. The lowest BCUT2D eigenvalue weighted by atomic mass is 9.81. The summed E-state index contributed by atoms with van der Waals surface area (Å²) in [5, 5.41) is 2.75. The third kappa shape index (κ3) is 2.55. The van der Waals surface area contributed by atoms with Crippen molar-refractivity contribution >= 4 is 5.91 Å². The molecule has 16 heavy (non-hydrogen) atoms. The smallest absolute Gasteiger partial charge is 0.252 e. The first-order valence-corrected chi connectivity index (χ1v) is 5.29. The average Bonchev–Trinajstić information content (AvgIpc) is 2.22. The van der Waals surface area contributed by atoms with Crippen molar-refractivity contribution in [3.05, 3.63) is 29.8 Å². The number of aromatic nitrogens is 1. The molecule has 1 amide bonds. The van der Waals surface area contributed by atoms with Crippen LogP contribution in [0.4, 0.5) is 4.39 Å². The molecule has 1 aromatic heterocycles. The number of hydrogen-bond acceptors (Lipinski definition) is 3. The Morgan fingerprint density at radius 3 is 2.94 bits per heavy atom. The maximum atomic E-state index is 12.8. The lowest BCUT2D eigenvalue weighted by molar-refractivity contribution is 0.0934. The van der Waals surface area contributed by atoms with E-state index in [0.717, 1.165) is 19.0 Å². The van der Waals surface area contributed by atoms with E-state index in [1.54, 1.807) is 0 Å². The van der Waals surface area contributed by atoms with Crippen molar-refractivity contribution in [1.29, 1.82) is 0 Å². The molecule has 0 bridgehead atoms. The molecule has 86 valence electrons. The summed E-state index contributed by atoms with van der Waals surface area (Å²) >= 11 is 0. The van der Waals surface area contributed by atoms with E-state index in [4.69, 9.17) is 5.73 Å². The molecular formula is C11H14FN3O. The Hall–Kier alpha value is -1.49. The summed E-state index contributed by atoms with van der Waals surface area (Å²) in [4.78, 5) is 15.2. The molecular weight excluding hydrogens is 209 g/mol. The molecule has 0 unspecified atom stereocenters. The van der Waals surface area contributed by atoms with E-state index in [9.17, 15) is 9.18 Å². The van der Waals surface area contributed by atoms with Crippen LogP contribution in [0.3, 0.4) is 0 Å². The fraction of sp³-hybridized carbons (Fsp3) is 0.455. The molecule has 3 N–H and O–H groups in total. The van der Waals surface area contributed by atoms with Gasteiger partial charge in [0.05, 0.1) is 11.8 Å². The normalized spacial score (nSPS) is 23.6. The molecule has 2 rings (SSSR count). The van der Waals surface area contributed by atoms with Gasteiger partial charge in [0.2, 0.25) is 0 Å². The number of nitrogens with zero attached hydrogens (tertiary/aromatic N) is 1. The molecule has 0 saturated heterocycles. The number of nitrogens with two attached hydrogens (primary N) is 1. The number of nitrogens with one attached hydrogen (secondary N) is 1. The van der Waals surface area contributed by atoms with Crippen LogP contribution in [0.1, 0.15) is 23.2 Å². The van der Waals surface area contributed by atoms with E-state index in [1.165, 1.54) is 12.3 Å². The number of amides is 1. The van der Waals surface area contributed by atoms with Crippen LogP contribution in [-0.2, 0) is 0 Å². The Morgan fingerprint density at radius 1 is 1.56 bits per heavy atom. The highest BCUT2D eigenvalue weighted by Crippen LogP contribution is 2.24. The third-order valence-electron chi connectivity index (χ3n) is 2.79. The molecule has 1 aromatic rings. The molecule has 0 atom stereocenters. The lowest BCUT2D eigenvalue weighted by Gasteiger charge is -2.32. The van der Waals surface area contributed by atoms with E-state index in [0.29, 0.717) is 12.5 Å². The van der Waals surface area contributed by atoms with Gasteiger partial charge in [0, 0.05) is 18.8 Å². The lowest BCUT2D eigenvalue weighted by Crippen LogP contribution is -2.42. The first kappa shape index (κ1) is 11.0. The van der Waals surface area contributed by atoms with Crippen LogP contribution in [0.15, 0.2) is 18.5 Å². The van der Waals surface area contributed by atoms with Gasteiger partial charge in [-0.25, -0.2) is 4.39 Å². The average molecular weight is 223 g/mol. The molecule has 0 spiro atoms. The summed E-state index contributed by atoms with van der Waals surface area (Å²) in [5.41, 5.74) is 5.89. The minimum atomic E-state index is -0.502. The topological polar surface area (TPSA) is 68.0 Å². The van der Waals surface area contributed by atoms with Gasteiger partial charge in [0.1, 0.15) is 5.82 Å². The third-order valence-corrected chi connectivity index (χ3v) is 2.79. The van der Waals surface area contributed by atoms with Crippen LogP contribution in [-0.4, -0.2) is 23.5 Å². The van der Waals surface area contributed by atoms with Crippen LogP contribution >= 0.6 is 0 Å². The van der Waals surface area contributed by atoms with Gasteiger partial charge >= 0.3 is 0 Å². The number of carbonyl (C=O) groups is 1. The number of rotatable bonds is 3. The minimum absolute atomic E-state index is 0.253. The monoisotopic (exact) mass is 223 g/mol. The molecule has 1 heterocycles. The Labute approximate surface area is 93.1 Å². The van der Waals surface area contributed by atoms with Crippen LogP contribution in [0.5, 0.6) is 0 Å². The zero-order chi connectivity index (χ0) is 11.5. The molecule has 1 saturated carbocycles. The Balaban J connectivity index is 1.84. The highest BCUT2D eigenvalue weighted by Gasteiger charge is 2.25. The Kier molecular flexibility index (Phi) is 3.14. The van der Waals surface area contributed by atoms with Gasteiger partial charge in [-0.3, -0.25) is 9.78 Å². The van der Waals surface area contributed by atoms with E-state index < -0.39 is 5.82 Å². The molecule has 0 aromatic carbocycles. The first-order chi connectivity index (χ1) is 7.65. The van der Waals surface area contributed by atoms with Crippen molar-refractivity contribution in [2.24, 2.45) is 11.7 Å². The quantitative estimate of drug-likeness (QED) is 0.792. The van der Waals surface area contributed by atoms with Gasteiger partial charge in [0.15, 0.2) is 0 Å². The summed E-state index contributed by atoms with van der Waals surface area (Å²) in [6.45, 7) is 0.600. The van der Waals surface area contributed by atoms with Gasteiger partial charge in [-0.1, -0.05) is 0 Å². The highest BCUT2D eigenvalue weighted by molar-refractivity contribution is 5.93. The number of hydrogen-bond donors (Lipinski definition) is 2. The van der Waals surface area contributed by atoms with Gasteiger partial charge in [0.25, 0.3) is 5.91 Å². The van der Waals surface area contributed by atoms with E-state index in [-0.39, 0.29) is 17.5 Å². The fourth-order valence-electron chi connectivity index (χ4n) is 1.83. The number of carbonyl (C=O) groups excluding carboxylic acids is 1. The van der Waals surface area contributed by atoms with Gasteiger partial charge in [-0.15, -0.1) is 0 Å². The first-order valence-electron chi connectivity index (χ1n) is 5.29. The highest BCUT2D eigenvalue weighted by atomic mass is 19.1. The van der Waals surface area contributed by atoms with Crippen molar-refractivity contribution < 1.29 is 9.18 Å². The van der Waals surface area contributed by atoms with Gasteiger partial charge in [-0.2, -0.15) is 0 Å². The van der Waals surface area contributed by atoms with Crippen molar-refractivity contribution in [1.82, 2.24) is 10.3 Å². The second-order valence-corrected chi connectivity index (χ2v) is 4.20. The second-order valence-electron chi connectivity index (χ2n) is 4.20. The van der Waals surface area contributed by atoms with Crippen molar-refractivity contribution in [2.75, 3.05) is 6.54 Å². The van der Waals surface area contributed by atoms with Gasteiger partial charge < -0.3 is 11.1 Å².